The van der Waals surface area contributed by atoms with Gasteiger partial charge in [0.2, 0.25) is 11.8 Å². The van der Waals surface area contributed by atoms with Gasteiger partial charge >= 0.3 is 6.18 Å². The highest BCUT2D eigenvalue weighted by atomic mass is 19.4. The Morgan fingerprint density at radius 2 is 1.51 bits per heavy atom. The van der Waals surface area contributed by atoms with Gasteiger partial charge in [-0.3, -0.25) is 9.59 Å². The summed E-state index contributed by atoms with van der Waals surface area (Å²) in [6.45, 7) is 4.61. The van der Waals surface area contributed by atoms with E-state index >= 15 is 0 Å². The van der Waals surface area contributed by atoms with E-state index in [2.05, 4.69) is 19.8 Å². The van der Waals surface area contributed by atoms with Crippen LogP contribution in [0.3, 0.4) is 0 Å². The molecule has 0 N–H and O–H groups in total. The molecule has 1 aromatic heterocycles. The van der Waals surface area contributed by atoms with E-state index in [1.54, 1.807) is 29.2 Å². The second-order valence-electron chi connectivity index (χ2n) is 12.6. The molecule has 1 aliphatic rings. The highest BCUT2D eigenvalue weighted by molar-refractivity contribution is 5.95. The minimum absolute atomic E-state index is 0.143. The van der Waals surface area contributed by atoms with Crippen LogP contribution in [0.4, 0.5) is 18.9 Å². The van der Waals surface area contributed by atoms with Gasteiger partial charge in [0.25, 0.3) is 0 Å². The van der Waals surface area contributed by atoms with Gasteiger partial charge in [-0.15, -0.1) is 0 Å². The molecule has 0 radical (unpaired) electrons. The average Bonchev–Trinajstić information content (AvgIpc) is 3.15. The number of halogens is 3. The monoisotopic (exact) mass is 700 g/mol. The molecule has 1 aliphatic heterocycles. The van der Waals surface area contributed by atoms with Gasteiger partial charge in [-0.05, 0) is 54.1 Å². The summed E-state index contributed by atoms with van der Waals surface area (Å²) in [6.07, 6.45) is 3.60. The van der Waals surface area contributed by atoms with Crippen LogP contribution in [-0.4, -0.2) is 96.0 Å². The van der Waals surface area contributed by atoms with Crippen LogP contribution >= 0.6 is 0 Å². The van der Waals surface area contributed by atoms with Crippen molar-refractivity contribution in [3.8, 4) is 0 Å². The third-order valence-electron chi connectivity index (χ3n) is 8.80. The van der Waals surface area contributed by atoms with Gasteiger partial charge in [0.05, 0.1) is 18.8 Å². The van der Waals surface area contributed by atoms with Crippen molar-refractivity contribution in [1.29, 1.82) is 0 Å². The molecular weight excluding hydrogens is 657 g/mol. The Kier molecular flexibility index (Phi) is 12.9. The lowest BCUT2D eigenvalue weighted by Gasteiger charge is -2.34. The van der Waals surface area contributed by atoms with Crippen molar-refractivity contribution >= 4 is 23.6 Å². The van der Waals surface area contributed by atoms with Crippen molar-refractivity contribution in [2.75, 3.05) is 58.4 Å². The number of benzene rings is 3. The normalized spacial score (nSPS) is 14.1. The minimum Gasteiger partial charge on any atom is -0.378 e. The lowest BCUT2D eigenvalue weighted by atomic mass is 10.0. The number of anilines is 1. The highest BCUT2D eigenvalue weighted by Gasteiger charge is 2.32. The second kappa shape index (κ2) is 17.7. The first kappa shape index (κ1) is 37.2. The molecule has 268 valence electrons. The summed E-state index contributed by atoms with van der Waals surface area (Å²) >= 11 is 0. The van der Waals surface area contributed by atoms with Crippen molar-refractivity contribution in [1.82, 2.24) is 24.7 Å². The number of nitrogens with zero attached hydrogens (tertiary/aromatic N) is 6. The van der Waals surface area contributed by atoms with E-state index in [4.69, 9.17) is 4.74 Å². The molecule has 51 heavy (non-hydrogen) atoms. The Balaban J connectivity index is 1.41. The van der Waals surface area contributed by atoms with Crippen molar-refractivity contribution < 1.29 is 27.5 Å². The number of carbonyl (C=O) groups excluding carboxylic acids is 2. The zero-order valence-corrected chi connectivity index (χ0v) is 28.9. The van der Waals surface area contributed by atoms with Gasteiger partial charge in [0, 0.05) is 82.5 Å². The van der Waals surface area contributed by atoms with E-state index in [1.807, 2.05) is 61.6 Å². The summed E-state index contributed by atoms with van der Waals surface area (Å²) in [7, 11) is 3.69. The van der Waals surface area contributed by atoms with E-state index in [0.717, 1.165) is 47.6 Å². The third kappa shape index (κ3) is 11.0. The SMILES string of the molecule is CN(CCN(C)C(=O)[C@H](Cc1ccccc1)N(Cc1ccc(N2CCOCC2)cc1)C(=O)C=Cc1ccc(C(F)(F)F)cc1)Cc1cncnc1. The molecule has 1 saturated heterocycles. The molecular formula is C39H43F3N6O3. The maximum absolute atomic E-state index is 14.4. The van der Waals surface area contributed by atoms with E-state index in [1.165, 1.54) is 30.6 Å². The third-order valence-corrected chi connectivity index (χ3v) is 8.80. The fourth-order valence-electron chi connectivity index (χ4n) is 5.87. The number of ether oxygens (including phenoxy) is 1. The number of morpholine rings is 1. The highest BCUT2D eigenvalue weighted by Crippen LogP contribution is 2.29. The molecule has 9 nitrogen and oxygen atoms in total. The van der Waals surface area contributed by atoms with Crippen molar-refractivity contribution in [3.05, 3.63) is 131 Å². The maximum atomic E-state index is 14.4. The first-order valence-electron chi connectivity index (χ1n) is 16.9. The number of carbonyl (C=O) groups is 2. The zero-order chi connectivity index (χ0) is 36.2. The summed E-state index contributed by atoms with van der Waals surface area (Å²) in [4.78, 5) is 44.2. The molecule has 12 heteroatoms. The Labute approximate surface area is 297 Å². The van der Waals surface area contributed by atoms with Crippen LogP contribution in [0.1, 0.15) is 27.8 Å². The number of alkyl halides is 3. The van der Waals surface area contributed by atoms with Crippen LogP contribution in [0.2, 0.25) is 0 Å². The fraction of sp³-hybridized carbons (Fsp3) is 0.333. The number of aromatic nitrogens is 2. The lowest BCUT2D eigenvalue weighted by molar-refractivity contribution is -0.143. The van der Waals surface area contributed by atoms with Crippen LogP contribution in [0.5, 0.6) is 0 Å². The molecule has 0 saturated carbocycles. The summed E-state index contributed by atoms with van der Waals surface area (Å²) in [5.74, 6) is -0.660. The summed E-state index contributed by atoms with van der Waals surface area (Å²) < 4.78 is 44.9. The molecule has 2 amide bonds. The minimum atomic E-state index is -4.46. The van der Waals surface area contributed by atoms with Crippen molar-refractivity contribution in [2.24, 2.45) is 0 Å². The van der Waals surface area contributed by atoms with Gasteiger partial charge < -0.3 is 24.3 Å². The standard InChI is InChI=1S/C39H43F3N6O3/c1-45(27-33-25-43-29-44-26-33)18-19-46(2)38(50)36(24-31-6-4-3-5-7-31)48(28-32-10-15-35(16-11-32)47-20-22-51-23-21-47)37(49)17-12-30-8-13-34(14-9-30)39(40,41)42/h3-17,25-26,29,36H,18-24,27-28H2,1-2H3/t36-/m0/s1. The molecule has 1 atom stereocenters. The second-order valence-corrected chi connectivity index (χ2v) is 12.6. The first-order valence-corrected chi connectivity index (χ1v) is 16.9. The van der Waals surface area contributed by atoms with Crippen LogP contribution in [0, 0.1) is 0 Å². The molecule has 4 aromatic rings. The molecule has 0 spiro atoms. The van der Waals surface area contributed by atoms with E-state index < -0.39 is 23.7 Å². The molecule has 3 aromatic carbocycles. The van der Waals surface area contributed by atoms with Crippen LogP contribution in [0.15, 0.2) is 104 Å². The number of rotatable bonds is 14. The van der Waals surface area contributed by atoms with Crippen LogP contribution in [-0.2, 0) is 40.0 Å². The Morgan fingerprint density at radius 1 is 0.843 bits per heavy atom. The van der Waals surface area contributed by atoms with Gasteiger partial charge in [0.15, 0.2) is 0 Å². The molecule has 5 rings (SSSR count). The topological polar surface area (TPSA) is 82.1 Å². The van der Waals surface area contributed by atoms with E-state index in [0.29, 0.717) is 38.4 Å². The van der Waals surface area contributed by atoms with Gasteiger partial charge in [0.1, 0.15) is 12.4 Å². The number of likely N-dealkylation sites (N-methyl/N-ethyl adjacent to an activating group) is 2. The van der Waals surface area contributed by atoms with Crippen molar-refractivity contribution in [3.63, 3.8) is 0 Å². The van der Waals surface area contributed by atoms with E-state index in [9.17, 15) is 22.8 Å². The van der Waals surface area contributed by atoms with Gasteiger partial charge in [-0.25, -0.2) is 9.97 Å². The average molecular weight is 701 g/mol. The fourth-order valence-corrected chi connectivity index (χ4v) is 5.87. The smallest absolute Gasteiger partial charge is 0.378 e. The Hall–Kier alpha value is -5.07. The molecule has 0 bridgehead atoms. The van der Waals surface area contributed by atoms with E-state index in [-0.39, 0.29) is 18.9 Å². The molecule has 0 unspecified atom stereocenters. The van der Waals surface area contributed by atoms with Gasteiger partial charge in [-0.1, -0.05) is 54.6 Å². The van der Waals surface area contributed by atoms with Crippen LogP contribution < -0.4 is 4.90 Å². The molecule has 0 aliphatic carbocycles. The molecule has 2 heterocycles. The Bertz CT molecular complexity index is 1720. The molecule has 1 fully saturated rings. The first-order chi connectivity index (χ1) is 24.6. The lowest BCUT2D eigenvalue weighted by Crippen LogP contribution is -2.51. The van der Waals surface area contributed by atoms with Crippen molar-refractivity contribution in [2.45, 2.75) is 31.7 Å². The predicted molar refractivity (Wildman–Crippen MR) is 190 cm³/mol. The predicted octanol–water partition coefficient (Wildman–Crippen LogP) is 5.58. The maximum Gasteiger partial charge on any atom is 0.416 e. The largest absolute Gasteiger partial charge is 0.416 e. The summed E-state index contributed by atoms with van der Waals surface area (Å²) in [5, 5.41) is 0. The zero-order valence-electron chi connectivity index (χ0n) is 28.9. The number of hydrogen-bond donors (Lipinski definition) is 0. The number of hydrogen-bond acceptors (Lipinski definition) is 7. The number of amides is 2. The summed E-state index contributed by atoms with van der Waals surface area (Å²) in [6, 6.07) is 21.2. The Morgan fingerprint density at radius 3 is 2.16 bits per heavy atom. The van der Waals surface area contributed by atoms with Crippen LogP contribution in [0.25, 0.3) is 6.08 Å². The quantitative estimate of drug-likeness (QED) is 0.159. The van der Waals surface area contributed by atoms with Gasteiger partial charge in [-0.2, -0.15) is 13.2 Å². The summed E-state index contributed by atoms with van der Waals surface area (Å²) in [5.41, 5.74) is 3.38.